The van der Waals surface area contributed by atoms with E-state index in [0.29, 0.717) is 30.2 Å². The number of nitrogens with two attached hydrogens (primary N) is 1. The van der Waals surface area contributed by atoms with Gasteiger partial charge in [-0.05, 0) is 31.5 Å². The largest absolute Gasteiger partial charge is 0.437 e. The summed E-state index contributed by atoms with van der Waals surface area (Å²) in [4.78, 5) is 11.8. The second-order valence-electron chi connectivity index (χ2n) is 4.76. The van der Waals surface area contributed by atoms with Crippen molar-refractivity contribution in [3.05, 3.63) is 42.6 Å². The van der Waals surface area contributed by atoms with Gasteiger partial charge in [0.15, 0.2) is 0 Å². The van der Waals surface area contributed by atoms with Crippen LogP contribution in [0.15, 0.2) is 42.6 Å². The molecule has 2 aromatic rings. The van der Waals surface area contributed by atoms with Crippen LogP contribution in [0.5, 0.6) is 11.6 Å². The minimum Gasteiger partial charge on any atom is -0.437 e. The molecule has 1 aromatic carbocycles. The SMILES string of the molecule is CC(N)CCC(=O)Nc1cccc(Oc2cccnn2)c1. The van der Waals surface area contributed by atoms with Crippen molar-refractivity contribution in [3.8, 4) is 11.6 Å². The molecule has 0 radical (unpaired) electrons. The Morgan fingerprint density at radius 2 is 2.24 bits per heavy atom. The van der Waals surface area contributed by atoms with Gasteiger partial charge in [-0.1, -0.05) is 6.07 Å². The molecule has 0 saturated heterocycles. The van der Waals surface area contributed by atoms with E-state index in [-0.39, 0.29) is 11.9 Å². The van der Waals surface area contributed by atoms with Gasteiger partial charge in [-0.25, -0.2) is 0 Å². The molecule has 1 atom stereocenters. The van der Waals surface area contributed by atoms with Crippen LogP contribution in [-0.2, 0) is 4.79 Å². The molecule has 0 aliphatic carbocycles. The van der Waals surface area contributed by atoms with Crippen molar-refractivity contribution in [1.82, 2.24) is 10.2 Å². The lowest BCUT2D eigenvalue weighted by Crippen LogP contribution is -2.19. The van der Waals surface area contributed by atoms with Crippen LogP contribution in [0.2, 0.25) is 0 Å². The molecule has 0 spiro atoms. The van der Waals surface area contributed by atoms with Crippen LogP contribution >= 0.6 is 0 Å². The third kappa shape index (κ3) is 5.19. The fraction of sp³-hybridized carbons (Fsp3) is 0.267. The number of benzene rings is 1. The third-order valence-electron chi connectivity index (χ3n) is 2.71. The van der Waals surface area contributed by atoms with Gasteiger partial charge in [-0.3, -0.25) is 4.79 Å². The Balaban J connectivity index is 1.96. The predicted octanol–water partition coefficient (Wildman–Crippen LogP) is 2.33. The number of carbonyl (C=O) groups is 1. The van der Waals surface area contributed by atoms with E-state index in [1.165, 1.54) is 0 Å². The normalized spacial score (nSPS) is 11.7. The van der Waals surface area contributed by atoms with Gasteiger partial charge in [0, 0.05) is 36.5 Å². The summed E-state index contributed by atoms with van der Waals surface area (Å²) in [6.45, 7) is 1.88. The molecular weight excluding hydrogens is 268 g/mol. The number of hydrogen-bond donors (Lipinski definition) is 2. The maximum Gasteiger partial charge on any atom is 0.238 e. The lowest BCUT2D eigenvalue weighted by molar-refractivity contribution is -0.116. The summed E-state index contributed by atoms with van der Waals surface area (Å²) in [6, 6.07) is 10.6. The van der Waals surface area contributed by atoms with Gasteiger partial charge < -0.3 is 15.8 Å². The van der Waals surface area contributed by atoms with E-state index in [0.717, 1.165) is 0 Å². The lowest BCUT2D eigenvalue weighted by atomic mass is 10.2. The standard InChI is InChI=1S/C15H18N4O2/c1-11(16)7-8-14(20)18-12-4-2-5-13(10-12)21-15-6-3-9-17-19-15/h2-6,9-11H,7-8,16H2,1H3,(H,18,20). The number of hydrogen-bond acceptors (Lipinski definition) is 5. The van der Waals surface area contributed by atoms with Crippen LogP contribution in [0.25, 0.3) is 0 Å². The fourth-order valence-corrected chi connectivity index (χ4v) is 1.68. The zero-order valence-electron chi connectivity index (χ0n) is 11.8. The highest BCUT2D eigenvalue weighted by Gasteiger charge is 2.05. The molecule has 3 N–H and O–H groups in total. The van der Waals surface area contributed by atoms with Crippen LogP contribution < -0.4 is 15.8 Å². The van der Waals surface area contributed by atoms with Crippen LogP contribution in [0.3, 0.4) is 0 Å². The van der Waals surface area contributed by atoms with Crippen LogP contribution in [0, 0.1) is 0 Å². The maximum atomic E-state index is 11.8. The van der Waals surface area contributed by atoms with Crippen molar-refractivity contribution in [1.29, 1.82) is 0 Å². The molecule has 1 heterocycles. The molecule has 0 aliphatic heterocycles. The zero-order chi connectivity index (χ0) is 15.1. The summed E-state index contributed by atoms with van der Waals surface area (Å²) in [5.41, 5.74) is 6.30. The van der Waals surface area contributed by atoms with E-state index in [4.69, 9.17) is 10.5 Å². The number of amides is 1. The highest BCUT2D eigenvalue weighted by Crippen LogP contribution is 2.22. The van der Waals surface area contributed by atoms with E-state index in [1.807, 2.05) is 6.92 Å². The van der Waals surface area contributed by atoms with Gasteiger partial charge >= 0.3 is 0 Å². The number of anilines is 1. The summed E-state index contributed by atoms with van der Waals surface area (Å²) < 4.78 is 5.55. The zero-order valence-corrected chi connectivity index (χ0v) is 11.8. The second kappa shape index (κ2) is 7.35. The van der Waals surface area contributed by atoms with Gasteiger partial charge in [0.2, 0.25) is 11.8 Å². The average molecular weight is 286 g/mol. The quantitative estimate of drug-likeness (QED) is 0.850. The van der Waals surface area contributed by atoms with Gasteiger partial charge in [0.1, 0.15) is 5.75 Å². The maximum absolute atomic E-state index is 11.8. The first-order valence-electron chi connectivity index (χ1n) is 6.74. The number of nitrogens with zero attached hydrogens (tertiary/aromatic N) is 2. The number of rotatable bonds is 6. The van der Waals surface area contributed by atoms with E-state index in [2.05, 4.69) is 15.5 Å². The summed E-state index contributed by atoms with van der Waals surface area (Å²) in [5.74, 6) is 0.919. The highest BCUT2D eigenvalue weighted by molar-refractivity contribution is 5.90. The summed E-state index contributed by atoms with van der Waals surface area (Å²) in [7, 11) is 0. The van der Waals surface area contributed by atoms with Gasteiger partial charge in [-0.2, -0.15) is 5.10 Å². The number of ether oxygens (including phenoxy) is 1. The molecule has 21 heavy (non-hydrogen) atoms. The minimum absolute atomic E-state index is 0.0158. The van der Waals surface area contributed by atoms with Crippen LogP contribution in [-0.4, -0.2) is 22.1 Å². The Bertz CT molecular complexity index is 587. The van der Waals surface area contributed by atoms with Crippen molar-refractivity contribution >= 4 is 11.6 Å². The van der Waals surface area contributed by atoms with Crippen molar-refractivity contribution in [3.63, 3.8) is 0 Å². The lowest BCUT2D eigenvalue weighted by Gasteiger charge is -2.09. The molecule has 6 heteroatoms. The molecular formula is C15H18N4O2. The van der Waals surface area contributed by atoms with E-state index in [9.17, 15) is 4.79 Å². The molecule has 2 rings (SSSR count). The topological polar surface area (TPSA) is 90.1 Å². The fourth-order valence-electron chi connectivity index (χ4n) is 1.68. The molecule has 0 saturated carbocycles. The molecule has 0 fully saturated rings. The van der Waals surface area contributed by atoms with Gasteiger partial charge in [-0.15, -0.1) is 5.10 Å². The van der Waals surface area contributed by atoms with Crippen molar-refractivity contribution in [2.24, 2.45) is 5.73 Å². The first-order chi connectivity index (χ1) is 10.1. The van der Waals surface area contributed by atoms with E-state index >= 15 is 0 Å². The minimum atomic E-state index is -0.0658. The second-order valence-corrected chi connectivity index (χ2v) is 4.76. The van der Waals surface area contributed by atoms with Crippen LogP contribution in [0.4, 0.5) is 5.69 Å². The monoisotopic (exact) mass is 286 g/mol. The first kappa shape index (κ1) is 14.9. The summed E-state index contributed by atoms with van der Waals surface area (Å²) >= 11 is 0. The molecule has 0 aliphatic rings. The Morgan fingerprint density at radius 1 is 1.38 bits per heavy atom. The first-order valence-corrected chi connectivity index (χ1v) is 6.74. The van der Waals surface area contributed by atoms with Gasteiger partial charge in [0.05, 0.1) is 0 Å². The third-order valence-corrected chi connectivity index (χ3v) is 2.71. The highest BCUT2D eigenvalue weighted by atomic mass is 16.5. The van der Waals surface area contributed by atoms with E-state index in [1.54, 1.807) is 42.6 Å². The molecule has 6 nitrogen and oxygen atoms in total. The van der Waals surface area contributed by atoms with Crippen LogP contribution in [0.1, 0.15) is 19.8 Å². The van der Waals surface area contributed by atoms with Crippen molar-refractivity contribution < 1.29 is 9.53 Å². The molecule has 0 bridgehead atoms. The molecule has 1 unspecified atom stereocenters. The molecule has 1 aromatic heterocycles. The number of aromatic nitrogens is 2. The Hall–Kier alpha value is -2.47. The number of nitrogens with one attached hydrogen (secondary N) is 1. The summed E-state index contributed by atoms with van der Waals surface area (Å²) in [6.07, 6.45) is 2.62. The Morgan fingerprint density at radius 3 is 2.95 bits per heavy atom. The van der Waals surface area contributed by atoms with Gasteiger partial charge in [0.25, 0.3) is 0 Å². The number of carbonyl (C=O) groups excluding carboxylic acids is 1. The smallest absolute Gasteiger partial charge is 0.238 e. The average Bonchev–Trinajstić information content (AvgIpc) is 2.46. The summed E-state index contributed by atoms with van der Waals surface area (Å²) in [5, 5.41) is 10.4. The molecule has 1 amide bonds. The Kier molecular flexibility index (Phi) is 5.22. The van der Waals surface area contributed by atoms with Crippen molar-refractivity contribution in [2.75, 3.05) is 5.32 Å². The molecule has 110 valence electrons. The van der Waals surface area contributed by atoms with E-state index < -0.39 is 0 Å². The Labute approximate surface area is 123 Å². The van der Waals surface area contributed by atoms with Crippen molar-refractivity contribution in [2.45, 2.75) is 25.8 Å². The predicted molar refractivity (Wildman–Crippen MR) is 80.1 cm³/mol.